The highest BCUT2D eigenvalue weighted by atomic mass is 16.5. The van der Waals surface area contributed by atoms with E-state index in [4.69, 9.17) is 19.9 Å². The highest BCUT2D eigenvalue weighted by Crippen LogP contribution is 2.10. The topological polar surface area (TPSA) is 92.4 Å². The summed E-state index contributed by atoms with van der Waals surface area (Å²) in [5.74, 6) is 0.0839. The summed E-state index contributed by atoms with van der Waals surface area (Å²) in [6, 6.07) is 0.350. The van der Waals surface area contributed by atoms with E-state index in [1.807, 2.05) is 13.8 Å². The van der Waals surface area contributed by atoms with Gasteiger partial charge in [-0.05, 0) is 12.8 Å². The fourth-order valence-electron chi connectivity index (χ4n) is 1.11. The molecule has 0 aliphatic heterocycles. The van der Waals surface area contributed by atoms with Crippen molar-refractivity contribution in [1.82, 2.24) is 15.0 Å². The summed E-state index contributed by atoms with van der Waals surface area (Å²) in [5, 5.41) is 0. The van der Waals surface area contributed by atoms with Crippen molar-refractivity contribution < 1.29 is 14.2 Å². The Morgan fingerprint density at radius 1 is 0.833 bits per heavy atom. The van der Waals surface area contributed by atoms with Gasteiger partial charge >= 0.3 is 12.0 Å². The van der Waals surface area contributed by atoms with E-state index < -0.39 is 0 Å². The number of hydrogen-bond donors (Lipinski definition) is 1. The lowest BCUT2D eigenvalue weighted by atomic mass is 10.5. The van der Waals surface area contributed by atoms with Crippen LogP contribution in [0.4, 0.5) is 5.95 Å². The summed E-state index contributed by atoms with van der Waals surface area (Å²) < 4.78 is 15.8. The first-order valence-electron chi connectivity index (χ1n) is 6.11. The molecule has 0 fully saturated rings. The summed E-state index contributed by atoms with van der Waals surface area (Å²) in [7, 11) is 0. The summed E-state index contributed by atoms with van der Waals surface area (Å²) in [4.78, 5) is 11.7. The molecule has 0 atom stereocenters. The van der Waals surface area contributed by atoms with Gasteiger partial charge in [-0.1, -0.05) is 13.8 Å². The van der Waals surface area contributed by atoms with E-state index in [1.165, 1.54) is 0 Å². The standard InChI is InChI=1S/C11H20N4O3/c1-3-5-16-7-8-18-11-14-9(12)13-10(15-11)17-6-4-2/h3-8H2,1-2H3,(H2,12,13,14,15). The number of aromatic nitrogens is 3. The van der Waals surface area contributed by atoms with E-state index in [-0.39, 0.29) is 18.0 Å². The Kier molecular flexibility index (Phi) is 6.78. The molecule has 1 aromatic rings. The zero-order chi connectivity index (χ0) is 13.2. The molecule has 1 heterocycles. The predicted molar refractivity (Wildman–Crippen MR) is 66.6 cm³/mol. The fourth-order valence-corrected chi connectivity index (χ4v) is 1.11. The van der Waals surface area contributed by atoms with Gasteiger partial charge in [0.25, 0.3) is 0 Å². The molecule has 0 amide bonds. The molecule has 7 heteroatoms. The first kappa shape index (κ1) is 14.4. The van der Waals surface area contributed by atoms with Crippen LogP contribution >= 0.6 is 0 Å². The molecule has 7 nitrogen and oxygen atoms in total. The maximum Gasteiger partial charge on any atom is 0.324 e. The Balaban J connectivity index is 2.41. The second-order valence-electron chi connectivity index (χ2n) is 3.57. The van der Waals surface area contributed by atoms with Crippen molar-refractivity contribution in [2.75, 3.05) is 32.2 Å². The van der Waals surface area contributed by atoms with Crippen LogP contribution < -0.4 is 15.2 Å². The van der Waals surface area contributed by atoms with Gasteiger partial charge in [0.2, 0.25) is 5.95 Å². The highest BCUT2D eigenvalue weighted by molar-refractivity contribution is 5.20. The summed E-state index contributed by atoms with van der Waals surface area (Å²) in [6.07, 6.45) is 1.85. The Bertz CT molecular complexity index is 349. The summed E-state index contributed by atoms with van der Waals surface area (Å²) in [5.41, 5.74) is 5.53. The molecule has 0 saturated carbocycles. The monoisotopic (exact) mass is 256 g/mol. The zero-order valence-electron chi connectivity index (χ0n) is 10.9. The van der Waals surface area contributed by atoms with Crippen molar-refractivity contribution in [3.63, 3.8) is 0 Å². The van der Waals surface area contributed by atoms with Gasteiger partial charge in [0.05, 0.1) is 13.2 Å². The van der Waals surface area contributed by atoms with Gasteiger partial charge in [0.15, 0.2) is 0 Å². The van der Waals surface area contributed by atoms with E-state index >= 15 is 0 Å². The van der Waals surface area contributed by atoms with Crippen LogP contribution in [0, 0.1) is 0 Å². The first-order chi connectivity index (χ1) is 8.76. The smallest absolute Gasteiger partial charge is 0.324 e. The van der Waals surface area contributed by atoms with E-state index in [0.717, 1.165) is 12.8 Å². The number of nitrogens with zero attached hydrogens (tertiary/aromatic N) is 3. The number of anilines is 1. The van der Waals surface area contributed by atoms with E-state index in [0.29, 0.717) is 26.4 Å². The highest BCUT2D eigenvalue weighted by Gasteiger charge is 2.06. The number of nitrogen functional groups attached to an aromatic ring is 1. The fraction of sp³-hybridized carbons (Fsp3) is 0.727. The quantitative estimate of drug-likeness (QED) is 0.660. The molecule has 0 radical (unpaired) electrons. The molecule has 0 aliphatic rings. The summed E-state index contributed by atoms with van der Waals surface area (Å²) >= 11 is 0. The van der Waals surface area contributed by atoms with E-state index in [9.17, 15) is 0 Å². The van der Waals surface area contributed by atoms with Crippen molar-refractivity contribution >= 4 is 5.95 Å². The third kappa shape index (κ3) is 5.62. The van der Waals surface area contributed by atoms with Gasteiger partial charge < -0.3 is 19.9 Å². The van der Waals surface area contributed by atoms with Crippen LogP contribution in [0.25, 0.3) is 0 Å². The lowest BCUT2D eigenvalue weighted by Gasteiger charge is -2.07. The maximum atomic E-state index is 5.53. The number of rotatable bonds is 9. The molecule has 0 spiro atoms. The van der Waals surface area contributed by atoms with Gasteiger partial charge in [0.1, 0.15) is 6.61 Å². The number of nitrogens with two attached hydrogens (primary N) is 1. The van der Waals surface area contributed by atoms with Crippen LogP contribution in [-0.4, -0.2) is 41.4 Å². The minimum atomic E-state index is 0.0839. The molecule has 1 aromatic heterocycles. The Labute approximate surface area is 107 Å². The molecule has 0 aliphatic carbocycles. The third-order valence-electron chi connectivity index (χ3n) is 1.85. The van der Waals surface area contributed by atoms with Crippen molar-refractivity contribution in [3.05, 3.63) is 0 Å². The number of hydrogen-bond acceptors (Lipinski definition) is 7. The second kappa shape index (κ2) is 8.46. The minimum absolute atomic E-state index is 0.0839. The SMILES string of the molecule is CCCOCCOc1nc(N)nc(OCCC)n1. The average Bonchev–Trinajstić information content (AvgIpc) is 2.35. The van der Waals surface area contributed by atoms with Crippen molar-refractivity contribution in [1.29, 1.82) is 0 Å². The Morgan fingerprint density at radius 3 is 2.06 bits per heavy atom. The van der Waals surface area contributed by atoms with Crippen LogP contribution in [0.2, 0.25) is 0 Å². The van der Waals surface area contributed by atoms with Gasteiger partial charge in [-0.2, -0.15) is 9.97 Å². The van der Waals surface area contributed by atoms with Gasteiger partial charge in [-0.15, -0.1) is 4.98 Å². The Hall–Kier alpha value is -1.63. The molecule has 18 heavy (non-hydrogen) atoms. The normalized spacial score (nSPS) is 10.3. The van der Waals surface area contributed by atoms with Crippen molar-refractivity contribution in [2.45, 2.75) is 26.7 Å². The van der Waals surface area contributed by atoms with Crippen LogP contribution in [0.15, 0.2) is 0 Å². The van der Waals surface area contributed by atoms with Gasteiger partial charge in [0, 0.05) is 6.61 Å². The average molecular weight is 256 g/mol. The molecule has 2 N–H and O–H groups in total. The molecule has 1 rings (SSSR count). The first-order valence-corrected chi connectivity index (χ1v) is 6.11. The van der Waals surface area contributed by atoms with Crippen LogP contribution in [-0.2, 0) is 4.74 Å². The molecule has 0 saturated heterocycles. The minimum Gasteiger partial charge on any atom is -0.463 e. The lowest BCUT2D eigenvalue weighted by Crippen LogP contribution is -2.11. The third-order valence-corrected chi connectivity index (χ3v) is 1.85. The van der Waals surface area contributed by atoms with Crippen LogP contribution in [0.1, 0.15) is 26.7 Å². The lowest BCUT2D eigenvalue weighted by molar-refractivity contribution is 0.0966. The maximum absolute atomic E-state index is 5.53. The van der Waals surface area contributed by atoms with Crippen LogP contribution in [0.3, 0.4) is 0 Å². The second-order valence-corrected chi connectivity index (χ2v) is 3.57. The molecule has 0 aromatic carbocycles. The number of ether oxygens (including phenoxy) is 3. The van der Waals surface area contributed by atoms with E-state index in [2.05, 4.69) is 15.0 Å². The van der Waals surface area contributed by atoms with E-state index in [1.54, 1.807) is 0 Å². The zero-order valence-corrected chi connectivity index (χ0v) is 10.9. The van der Waals surface area contributed by atoms with Gasteiger partial charge in [-0.25, -0.2) is 0 Å². The van der Waals surface area contributed by atoms with Crippen LogP contribution in [0.5, 0.6) is 12.0 Å². The summed E-state index contributed by atoms with van der Waals surface area (Å²) in [6.45, 7) is 6.15. The largest absolute Gasteiger partial charge is 0.463 e. The molecule has 0 bridgehead atoms. The molecule has 102 valence electrons. The molecular formula is C11H20N4O3. The molecular weight excluding hydrogens is 236 g/mol. The van der Waals surface area contributed by atoms with Gasteiger partial charge in [-0.3, -0.25) is 0 Å². The van der Waals surface area contributed by atoms with Crippen molar-refractivity contribution in [2.24, 2.45) is 0 Å². The molecule has 0 unspecified atom stereocenters. The predicted octanol–water partition coefficient (Wildman–Crippen LogP) is 1.05. The van der Waals surface area contributed by atoms with Crippen molar-refractivity contribution in [3.8, 4) is 12.0 Å². The Morgan fingerprint density at radius 2 is 1.44 bits per heavy atom.